The Bertz CT molecular complexity index is 707. The molecule has 0 saturated carbocycles. The highest BCUT2D eigenvalue weighted by molar-refractivity contribution is 5.76. The molecule has 1 aromatic carbocycles. The van der Waals surface area contributed by atoms with Gasteiger partial charge in [0.05, 0.1) is 4.92 Å². The highest BCUT2D eigenvalue weighted by Gasteiger charge is 2.30. The average Bonchev–Trinajstić information content (AvgIpc) is 2.60. The van der Waals surface area contributed by atoms with Crippen molar-refractivity contribution >= 4 is 17.1 Å². The number of piperidine rings is 2. The molecule has 25 heavy (non-hydrogen) atoms. The number of nitro benzene ring substituents is 1. The van der Waals surface area contributed by atoms with Crippen LogP contribution in [-0.4, -0.2) is 43.4 Å². The maximum absolute atomic E-state index is 13.8. The van der Waals surface area contributed by atoms with Crippen molar-refractivity contribution in [2.24, 2.45) is 0 Å². The van der Waals surface area contributed by atoms with Crippen LogP contribution < -0.4 is 9.80 Å². The van der Waals surface area contributed by atoms with Gasteiger partial charge >= 0.3 is 5.69 Å². The molecule has 3 rings (SSSR count). The van der Waals surface area contributed by atoms with Crippen LogP contribution >= 0.6 is 0 Å². The molecule has 2 aliphatic heterocycles. The van der Waals surface area contributed by atoms with Crippen LogP contribution in [-0.2, 0) is 0 Å². The second-order valence-corrected chi connectivity index (χ2v) is 6.60. The molecule has 8 heteroatoms. The van der Waals surface area contributed by atoms with Crippen LogP contribution in [0.2, 0.25) is 0 Å². The monoisotopic (exact) mass is 350 g/mol. The van der Waals surface area contributed by atoms with E-state index >= 15 is 0 Å². The Kier molecular flexibility index (Phi) is 5.02. The highest BCUT2D eigenvalue weighted by Crippen LogP contribution is 2.38. The van der Waals surface area contributed by atoms with Crippen LogP contribution in [0.1, 0.15) is 31.2 Å². The smallest absolute Gasteiger partial charge is 0.310 e. The maximum Gasteiger partial charge on any atom is 0.310 e. The summed E-state index contributed by atoms with van der Waals surface area (Å²) in [5, 5.41) is 20.9. The number of alkyl halides is 2. The first-order valence-corrected chi connectivity index (χ1v) is 8.50. The quantitative estimate of drug-likeness (QED) is 0.617. The van der Waals surface area contributed by atoms with Gasteiger partial charge in [-0.1, -0.05) is 0 Å². The Morgan fingerprint density at radius 2 is 1.72 bits per heavy atom. The first kappa shape index (κ1) is 17.4. The van der Waals surface area contributed by atoms with E-state index in [0.717, 1.165) is 0 Å². The summed E-state index contributed by atoms with van der Waals surface area (Å²) in [6, 6.07) is 4.92. The zero-order chi connectivity index (χ0) is 18.0. The molecule has 2 saturated heterocycles. The molecule has 0 N–H and O–H groups in total. The Morgan fingerprint density at radius 1 is 1.12 bits per heavy atom. The van der Waals surface area contributed by atoms with E-state index in [9.17, 15) is 24.2 Å². The standard InChI is InChI=1S/C17H20F2N4O2/c18-13-3-1-5-21(10-13)15-7-12(9-20)17(23(24)25)16(8-15)22-6-2-4-14(19)11-22/h7-8,13-14H,1-6,10-11H2. The molecule has 0 radical (unpaired) electrons. The summed E-state index contributed by atoms with van der Waals surface area (Å²) in [7, 11) is 0. The lowest BCUT2D eigenvalue weighted by Gasteiger charge is -2.34. The molecule has 2 unspecified atom stereocenters. The van der Waals surface area contributed by atoms with Crippen molar-refractivity contribution < 1.29 is 13.7 Å². The number of nitrogens with zero attached hydrogens (tertiary/aromatic N) is 4. The van der Waals surface area contributed by atoms with Crippen LogP contribution in [0.25, 0.3) is 0 Å². The SMILES string of the molecule is N#Cc1cc(N2CCCC(F)C2)cc(N2CCCC(F)C2)c1[N+](=O)[O-]. The van der Waals surface area contributed by atoms with Gasteiger partial charge in [-0.3, -0.25) is 10.1 Å². The van der Waals surface area contributed by atoms with Gasteiger partial charge in [0.1, 0.15) is 29.7 Å². The molecule has 6 nitrogen and oxygen atoms in total. The van der Waals surface area contributed by atoms with Crippen LogP contribution in [0, 0.1) is 21.4 Å². The predicted molar refractivity (Wildman–Crippen MR) is 90.5 cm³/mol. The fraction of sp³-hybridized carbons (Fsp3) is 0.588. The summed E-state index contributed by atoms with van der Waals surface area (Å²) in [6.45, 7) is 1.41. The number of hydrogen-bond donors (Lipinski definition) is 0. The summed E-state index contributed by atoms with van der Waals surface area (Å²) < 4.78 is 27.5. The van der Waals surface area contributed by atoms with Crippen LogP contribution in [0.5, 0.6) is 0 Å². The minimum absolute atomic E-state index is 0.0699. The lowest BCUT2D eigenvalue weighted by atomic mass is 10.0. The third-order valence-electron chi connectivity index (χ3n) is 4.81. The van der Waals surface area contributed by atoms with E-state index in [1.165, 1.54) is 6.07 Å². The van der Waals surface area contributed by atoms with Gasteiger partial charge in [0, 0.05) is 31.9 Å². The summed E-state index contributed by atoms with van der Waals surface area (Å²) in [5.74, 6) is 0. The van der Waals surface area contributed by atoms with Gasteiger partial charge in [0.2, 0.25) is 0 Å². The van der Waals surface area contributed by atoms with Gasteiger partial charge in [-0.25, -0.2) is 8.78 Å². The normalized spacial score (nSPS) is 24.0. The molecule has 0 aliphatic carbocycles. The minimum atomic E-state index is -1.05. The molecule has 1 aromatic rings. The van der Waals surface area contributed by atoms with Gasteiger partial charge in [0.25, 0.3) is 0 Å². The number of anilines is 2. The summed E-state index contributed by atoms with van der Waals surface area (Å²) in [6.07, 6.45) is 0.213. The third kappa shape index (κ3) is 3.65. The number of nitriles is 1. The van der Waals surface area contributed by atoms with Gasteiger partial charge in [-0.2, -0.15) is 5.26 Å². The molecule has 0 amide bonds. The minimum Gasteiger partial charge on any atom is -0.369 e. The van der Waals surface area contributed by atoms with Crippen molar-refractivity contribution in [1.29, 1.82) is 5.26 Å². The zero-order valence-electron chi connectivity index (χ0n) is 13.8. The van der Waals surface area contributed by atoms with Crippen molar-refractivity contribution in [3.8, 4) is 6.07 Å². The highest BCUT2D eigenvalue weighted by atomic mass is 19.1. The second kappa shape index (κ2) is 7.21. The van der Waals surface area contributed by atoms with E-state index in [0.29, 0.717) is 44.5 Å². The van der Waals surface area contributed by atoms with Crippen LogP contribution in [0.4, 0.5) is 25.8 Å². The maximum atomic E-state index is 13.8. The van der Waals surface area contributed by atoms with E-state index in [-0.39, 0.29) is 30.0 Å². The van der Waals surface area contributed by atoms with Gasteiger partial charge in [0.15, 0.2) is 0 Å². The van der Waals surface area contributed by atoms with Crippen molar-refractivity contribution in [1.82, 2.24) is 0 Å². The molecule has 2 aliphatic rings. The van der Waals surface area contributed by atoms with E-state index < -0.39 is 17.3 Å². The van der Waals surface area contributed by atoms with E-state index in [1.807, 2.05) is 6.07 Å². The van der Waals surface area contributed by atoms with E-state index in [2.05, 4.69) is 0 Å². The Morgan fingerprint density at radius 3 is 2.28 bits per heavy atom. The Balaban J connectivity index is 2.05. The second-order valence-electron chi connectivity index (χ2n) is 6.60. The Labute approximate surface area is 144 Å². The summed E-state index contributed by atoms with van der Waals surface area (Å²) in [5.41, 5.74) is 0.469. The first-order valence-electron chi connectivity index (χ1n) is 8.50. The largest absolute Gasteiger partial charge is 0.369 e. The summed E-state index contributed by atoms with van der Waals surface area (Å²) in [4.78, 5) is 14.4. The fourth-order valence-electron chi connectivity index (χ4n) is 3.61. The Hall–Kier alpha value is -2.43. The molecule has 134 valence electrons. The van der Waals surface area contributed by atoms with Gasteiger partial charge in [-0.05, 0) is 37.8 Å². The number of rotatable bonds is 3. The van der Waals surface area contributed by atoms with Crippen LogP contribution in [0.15, 0.2) is 12.1 Å². The van der Waals surface area contributed by atoms with Crippen molar-refractivity contribution in [3.63, 3.8) is 0 Å². The molecule has 2 fully saturated rings. The van der Waals surface area contributed by atoms with E-state index in [1.54, 1.807) is 15.9 Å². The zero-order valence-corrected chi connectivity index (χ0v) is 13.8. The van der Waals surface area contributed by atoms with Crippen molar-refractivity contribution in [3.05, 3.63) is 27.8 Å². The van der Waals surface area contributed by atoms with E-state index in [4.69, 9.17) is 0 Å². The number of benzene rings is 1. The van der Waals surface area contributed by atoms with Crippen molar-refractivity contribution in [2.75, 3.05) is 36.0 Å². The lowest BCUT2D eigenvalue weighted by Crippen LogP contribution is -2.38. The number of halogens is 2. The molecule has 0 aromatic heterocycles. The molecule has 2 heterocycles. The number of hydrogen-bond acceptors (Lipinski definition) is 5. The topological polar surface area (TPSA) is 73.4 Å². The lowest BCUT2D eigenvalue weighted by molar-refractivity contribution is -0.384. The fourth-order valence-corrected chi connectivity index (χ4v) is 3.61. The van der Waals surface area contributed by atoms with Crippen molar-refractivity contribution in [2.45, 2.75) is 38.0 Å². The third-order valence-corrected chi connectivity index (χ3v) is 4.81. The van der Waals surface area contributed by atoms with Gasteiger partial charge in [-0.15, -0.1) is 0 Å². The molecule has 0 spiro atoms. The molecular formula is C17H20F2N4O2. The molecular weight excluding hydrogens is 330 g/mol. The van der Waals surface area contributed by atoms with Gasteiger partial charge < -0.3 is 9.80 Å². The average molecular weight is 350 g/mol. The first-order chi connectivity index (χ1) is 12.0. The van der Waals surface area contributed by atoms with Crippen LogP contribution in [0.3, 0.4) is 0 Å². The predicted octanol–water partition coefficient (Wildman–Crippen LogP) is 3.34. The number of nitro groups is 1. The molecule has 2 atom stereocenters. The summed E-state index contributed by atoms with van der Waals surface area (Å²) >= 11 is 0. The molecule has 0 bridgehead atoms.